The highest BCUT2D eigenvalue weighted by atomic mass is 16.3. The molecule has 0 radical (unpaired) electrons. The number of aliphatic hydroxyl groups is 3. The number of rotatable bonds is 3. The predicted molar refractivity (Wildman–Crippen MR) is 76.7 cm³/mol. The molecule has 0 amide bonds. The molecule has 1 aromatic carbocycles. The van der Waals surface area contributed by atoms with Crippen molar-refractivity contribution in [2.45, 2.75) is 24.8 Å². The number of likely N-dealkylation sites (tertiary alicyclic amines) is 1. The first-order valence-corrected chi connectivity index (χ1v) is 6.89. The number of phenols is 1. The van der Waals surface area contributed by atoms with Crippen molar-refractivity contribution in [2.75, 3.05) is 13.2 Å². The van der Waals surface area contributed by atoms with Crippen molar-refractivity contribution in [3.8, 4) is 5.75 Å². The molecule has 3 atom stereocenters. The maximum atomic E-state index is 9.84. The average Bonchev–Trinajstić information content (AvgIpc) is 2.74. The van der Waals surface area contributed by atoms with E-state index in [0.717, 1.165) is 5.39 Å². The molecule has 2 heterocycles. The zero-order valence-corrected chi connectivity index (χ0v) is 11.4. The van der Waals surface area contributed by atoms with E-state index in [-0.39, 0.29) is 18.9 Å². The molecule has 1 saturated heterocycles. The first-order valence-electron chi connectivity index (χ1n) is 6.89. The molecule has 0 aliphatic carbocycles. The van der Waals surface area contributed by atoms with E-state index in [1.165, 1.54) is 0 Å². The molecule has 1 aliphatic heterocycles. The van der Waals surface area contributed by atoms with Crippen LogP contribution in [-0.4, -0.2) is 61.7 Å². The van der Waals surface area contributed by atoms with Crippen molar-refractivity contribution in [1.82, 2.24) is 9.88 Å². The van der Waals surface area contributed by atoms with E-state index in [1.807, 2.05) is 18.2 Å². The summed E-state index contributed by atoms with van der Waals surface area (Å²) in [7, 11) is 0. The van der Waals surface area contributed by atoms with Gasteiger partial charge in [0, 0.05) is 18.5 Å². The van der Waals surface area contributed by atoms with Crippen molar-refractivity contribution >= 4 is 10.9 Å². The number of aliphatic hydroxyl groups excluding tert-OH is 3. The molecular formula is C15H18N2O4. The van der Waals surface area contributed by atoms with Gasteiger partial charge in [0.25, 0.3) is 0 Å². The van der Waals surface area contributed by atoms with Gasteiger partial charge in [0.2, 0.25) is 0 Å². The van der Waals surface area contributed by atoms with Crippen molar-refractivity contribution in [1.29, 1.82) is 0 Å². The third-order valence-electron chi connectivity index (χ3n) is 3.99. The maximum Gasteiger partial charge on any atom is 0.141 e. The minimum absolute atomic E-state index is 0.120. The number of hydrogen-bond acceptors (Lipinski definition) is 6. The van der Waals surface area contributed by atoms with Gasteiger partial charge in [-0.15, -0.1) is 0 Å². The number of para-hydroxylation sites is 1. The molecule has 6 nitrogen and oxygen atoms in total. The summed E-state index contributed by atoms with van der Waals surface area (Å²) in [6.07, 6.45) is -1.82. The lowest BCUT2D eigenvalue weighted by Gasteiger charge is -2.23. The molecule has 3 rings (SSSR count). The molecule has 21 heavy (non-hydrogen) atoms. The molecule has 0 bridgehead atoms. The Bertz CT molecular complexity index is 649. The van der Waals surface area contributed by atoms with Crippen LogP contribution in [0.15, 0.2) is 30.3 Å². The first kappa shape index (κ1) is 14.2. The molecular weight excluding hydrogens is 272 g/mol. The number of hydrogen-bond donors (Lipinski definition) is 4. The van der Waals surface area contributed by atoms with Crippen LogP contribution in [0.5, 0.6) is 5.75 Å². The van der Waals surface area contributed by atoms with Crippen molar-refractivity contribution < 1.29 is 20.4 Å². The van der Waals surface area contributed by atoms with Crippen LogP contribution in [0.2, 0.25) is 0 Å². The van der Waals surface area contributed by atoms with Gasteiger partial charge in [0.05, 0.1) is 30.6 Å². The number of β-amino-alcohol motifs (C(OH)–C–C–N with tert-alkyl or cyclic N) is 1. The average molecular weight is 290 g/mol. The van der Waals surface area contributed by atoms with Gasteiger partial charge in [0.15, 0.2) is 0 Å². The summed E-state index contributed by atoms with van der Waals surface area (Å²) in [4.78, 5) is 6.22. The maximum absolute atomic E-state index is 9.84. The fourth-order valence-corrected chi connectivity index (χ4v) is 2.83. The second-order valence-electron chi connectivity index (χ2n) is 5.39. The fraction of sp³-hybridized carbons (Fsp3) is 0.400. The molecule has 0 unspecified atom stereocenters. The van der Waals surface area contributed by atoms with Crippen LogP contribution in [0.3, 0.4) is 0 Å². The largest absolute Gasteiger partial charge is 0.506 e. The lowest BCUT2D eigenvalue weighted by Crippen LogP contribution is -2.38. The molecule has 6 heteroatoms. The Hall–Kier alpha value is -1.73. The topological polar surface area (TPSA) is 97.0 Å². The Morgan fingerprint density at radius 2 is 2.00 bits per heavy atom. The Morgan fingerprint density at radius 3 is 2.76 bits per heavy atom. The lowest BCUT2D eigenvalue weighted by molar-refractivity contribution is 0.0209. The van der Waals surface area contributed by atoms with Gasteiger partial charge in [-0.25, -0.2) is 4.98 Å². The number of aromatic hydroxyl groups is 1. The van der Waals surface area contributed by atoms with E-state index >= 15 is 0 Å². The molecule has 4 N–H and O–H groups in total. The summed E-state index contributed by atoms with van der Waals surface area (Å²) in [5.74, 6) is 0.120. The Labute approximate surface area is 121 Å². The fourth-order valence-electron chi connectivity index (χ4n) is 2.83. The van der Waals surface area contributed by atoms with E-state index in [1.54, 1.807) is 17.0 Å². The number of fused-ring (bicyclic) bond motifs is 1. The van der Waals surface area contributed by atoms with Gasteiger partial charge < -0.3 is 20.4 Å². The second-order valence-corrected chi connectivity index (χ2v) is 5.39. The Morgan fingerprint density at radius 1 is 1.19 bits per heavy atom. The monoisotopic (exact) mass is 290 g/mol. The summed E-state index contributed by atoms with van der Waals surface area (Å²) in [5.41, 5.74) is 1.24. The molecule has 1 aliphatic rings. The first-order chi connectivity index (χ1) is 10.1. The van der Waals surface area contributed by atoms with Gasteiger partial charge in [-0.05, 0) is 12.1 Å². The number of aromatic nitrogens is 1. The van der Waals surface area contributed by atoms with Crippen LogP contribution in [-0.2, 0) is 6.54 Å². The summed E-state index contributed by atoms with van der Waals surface area (Å²) in [6.45, 7) is 0.452. The van der Waals surface area contributed by atoms with Crippen LogP contribution in [0.1, 0.15) is 5.69 Å². The van der Waals surface area contributed by atoms with Gasteiger partial charge in [-0.2, -0.15) is 0 Å². The van der Waals surface area contributed by atoms with Gasteiger partial charge >= 0.3 is 0 Å². The summed E-state index contributed by atoms with van der Waals surface area (Å²) in [5, 5.41) is 39.5. The molecule has 1 aromatic heterocycles. The van der Waals surface area contributed by atoms with Crippen LogP contribution < -0.4 is 0 Å². The van der Waals surface area contributed by atoms with E-state index in [4.69, 9.17) is 0 Å². The van der Waals surface area contributed by atoms with Crippen molar-refractivity contribution in [3.63, 3.8) is 0 Å². The predicted octanol–water partition coefficient (Wildman–Crippen LogP) is -0.161. The van der Waals surface area contributed by atoms with E-state index in [0.29, 0.717) is 17.8 Å². The van der Waals surface area contributed by atoms with E-state index in [2.05, 4.69) is 4.98 Å². The van der Waals surface area contributed by atoms with Crippen LogP contribution >= 0.6 is 0 Å². The lowest BCUT2D eigenvalue weighted by atomic mass is 10.1. The van der Waals surface area contributed by atoms with Crippen LogP contribution in [0, 0.1) is 0 Å². The smallest absolute Gasteiger partial charge is 0.141 e. The summed E-state index contributed by atoms with van der Waals surface area (Å²) >= 11 is 0. The number of nitrogens with zero attached hydrogens (tertiary/aromatic N) is 2. The van der Waals surface area contributed by atoms with E-state index < -0.39 is 18.2 Å². The highest BCUT2D eigenvalue weighted by Crippen LogP contribution is 2.25. The quantitative estimate of drug-likeness (QED) is 0.627. The number of benzene rings is 1. The zero-order valence-electron chi connectivity index (χ0n) is 11.4. The third-order valence-corrected chi connectivity index (χ3v) is 3.99. The normalized spacial score (nSPS) is 26.5. The van der Waals surface area contributed by atoms with Crippen molar-refractivity contribution in [2.24, 2.45) is 0 Å². The number of phenolic OH excluding ortho intramolecular Hbond substituents is 1. The SMILES string of the molecule is OC[C@@H]1[C@@H](O)[C@@H](O)CN1Cc1ccc2cccc(O)c2n1. The standard InChI is InChI=1S/C15H18N2O4/c18-8-11-15(21)13(20)7-17(11)6-10-5-4-9-2-1-3-12(19)14(9)16-10/h1-5,11,13,15,18-21H,6-8H2/t11-,13+,15-/m1/s1. The molecule has 2 aromatic rings. The molecule has 112 valence electrons. The van der Waals surface area contributed by atoms with Gasteiger partial charge in [-0.3, -0.25) is 4.90 Å². The third kappa shape index (κ3) is 2.58. The zero-order chi connectivity index (χ0) is 15.0. The van der Waals surface area contributed by atoms with Crippen LogP contribution in [0.4, 0.5) is 0 Å². The Kier molecular flexibility index (Phi) is 3.77. The Balaban J connectivity index is 1.86. The summed E-state index contributed by atoms with van der Waals surface area (Å²) in [6, 6.07) is 8.42. The minimum Gasteiger partial charge on any atom is -0.506 e. The van der Waals surface area contributed by atoms with E-state index in [9.17, 15) is 20.4 Å². The van der Waals surface area contributed by atoms with Crippen LogP contribution in [0.25, 0.3) is 10.9 Å². The number of pyridine rings is 1. The summed E-state index contributed by atoms with van der Waals surface area (Å²) < 4.78 is 0. The highest BCUT2D eigenvalue weighted by molar-refractivity contribution is 5.84. The minimum atomic E-state index is -0.955. The molecule has 0 spiro atoms. The molecule has 1 fully saturated rings. The van der Waals surface area contributed by atoms with Gasteiger partial charge in [0.1, 0.15) is 11.3 Å². The second kappa shape index (κ2) is 5.57. The van der Waals surface area contributed by atoms with Crippen molar-refractivity contribution in [3.05, 3.63) is 36.0 Å². The molecule has 0 saturated carbocycles. The van der Waals surface area contributed by atoms with Gasteiger partial charge in [-0.1, -0.05) is 18.2 Å². The highest BCUT2D eigenvalue weighted by Gasteiger charge is 2.39.